The minimum atomic E-state index is -0.403. The average Bonchev–Trinajstić information content (AvgIpc) is 2.25. The van der Waals surface area contributed by atoms with Crippen molar-refractivity contribution in [1.82, 2.24) is 0 Å². The highest BCUT2D eigenvalue weighted by atomic mass is 16.6. The summed E-state index contributed by atoms with van der Waals surface area (Å²) in [5.41, 5.74) is -0.403. The van der Waals surface area contributed by atoms with Crippen LogP contribution in [0, 0.1) is 5.92 Å². The second kappa shape index (κ2) is 7.25. The van der Waals surface area contributed by atoms with Crippen molar-refractivity contribution in [3.05, 3.63) is 0 Å². The molecule has 0 amide bonds. The van der Waals surface area contributed by atoms with Gasteiger partial charge in [0.1, 0.15) is 5.60 Å². The maximum absolute atomic E-state index is 11.7. The summed E-state index contributed by atoms with van der Waals surface area (Å²) in [6.45, 7) is 8.18. The van der Waals surface area contributed by atoms with Crippen LogP contribution in [0.3, 0.4) is 0 Å². The van der Waals surface area contributed by atoms with Gasteiger partial charge in [0.05, 0.1) is 18.8 Å². The summed E-state index contributed by atoms with van der Waals surface area (Å²) in [4.78, 5) is 11.7. The number of hydrogen-bond acceptors (Lipinski definition) is 4. The molecule has 1 fully saturated rings. The molecule has 1 N–H and O–H groups in total. The fourth-order valence-corrected chi connectivity index (χ4v) is 2.26. The number of aliphatic hydroxyl groups is 1. The Kier molecular flexibility index (Phi) is 6.27. The molecule has 1 heterocycles. The van der Waals surface area contributed by atoms with Crippen LogP contribution in [0.25, 0.3) is 0 Å². The van der Waals surface area contributed by atoms with E-state index >= 15 is 0 Å². The number of carbonyl (C=O) groups is 1. The molecule has 0 aromatic rings. The van der Waals surface area contributed by atoms with Gasteiger partial charge in [-0.1, -0.05) is 6.92 Å². The van der Waals surface area contributed by atoms with E-state index in [2.05, 4.69) is 6.92 Å². The third kappa shape index (κ3) is 7.53. The van der Waals surface area contributed by atoms with E-state index < -0.39 is 5.60 Å². The molecule has 0 aliphatic carbocycles. The van der Waals surface area contributed by atoms with E-state index in [9.17, 15) is 9.90 Å². The zero-order chi connectivity index (χ0) is 14.5. The van der Waals surface area contributed by atoms with Crippen LogP contribution in [0.5, 0.6) is 0 Å². The molecule has 0 aromatic heterocycles. The standard InChI is InChI=1S/C15H28O4/c1-11(9-14(17)19-15(2,3)4)5-7-13-8-6-12(16)10-18-13/h11-13,16H,5-10H2,1-4H3/t11-,12+,13+/m0/s1. The first-order valence-electron chi connectivity index (χ1n) is 7.28. The Morgan fingerprint density at radius 3 is 2.63 bits per heavy atom. The molecule has 1 aliphatic heterocycles. The molecular weight excluding hydrogens is 244 g/mol. The van der Waals surface area contributed by atoms with E-state index in [0.29, 0.717) is 18.9 Å². The molecule has 4 nitrogen and oxygen atoms in total. The monoisotopic (exact) mass is 272 g/mol. The Bertz CT molecular complexity index is 274. The van der Waals surface area contributed by atoms with Gasteiger partial charge in [-0.15, -0.1) is 0 Å². The van der Waals surface area contributed by atoms with Gasteiger partial charge in [0.15, 0.2) is 0 Å². The highest BCUT2D eigenvalue weighted by Gasteiger charge is 2.22. The predicted octanol–water partition coefficient (Wildman–Crippen LogP) is 2.67. The normalized spacial score (nSPS) is 25.9. The molecule has 3 atom stereocenters. The van der Waals surface area contributed by atoms with Gasteiger partial charge < -0.3 is 14.6 Å². The van der Waals surface area contributed by atoms with E-state index in [1.165, 1.54) is 0 Å². The fraction of sp³-hybridized carbons (Fsp3) is 0.933. The van der Waals surface area contributed by atoms with Crippen LogP contribution in [0.15, 0.2) is 0 Å². The van der Waals surface area contributed by atoms with E-state index in [1.54, 1.807) is 0 Å². The van der Waals surface area contributed by atoms with Crippen molar-refractivity contribution in [2.45, 2.75) is 77.6 Å². The highest BCUT2D eigenvalue weighted by Crippen LogP contribution is 2.22. The Balaban J connectivity index is 2.17. The largest absolute Gasteiger partial charge is 0.460 e. The van der Waals surface area contributed by atoms with Gasteiger partial charge in [-0.2, -0.15) is 0 Å². The predicted molar refractivity (Wildman–Crippen MR) is 73.8 cm³/mol. The van der Waals surface area contributed by atoms with Crippen molar-refractivity contribution in [2.75, 3.05) is 6.61 Å². The molecule has 112 valence electrons. The van der Waals surface area contributed by atoms with Gasteiger partial charge in [-0.05, 0) is 52.4 Å². The maximum atomic E-state index is 11.7. The van der Waals surface area contributed by atoms with Gasteiger partial charge in [0, 0.05) is 6.42 Å². The van der Waals surface area contributed by atoms with Crippen LogP contribution in [0.4, 0.5) is 0 Å². The summed E-state index contributed by atoms with van der Waals surface area (Å²) in [5.74, 6) is 0.185. The average molecular weight is 272 g/mol. The molecule has 0 radical (unpaired) electrons. The van der Waals surface area contributed by atoms with E-state index in [1.807, 2.05) is 20.8 Å². The van der Waals surface area contributed by atoms with Gasteiger partial charge in [0.25, 0.3) is 0 Å². The molecule has 0 spiro atoms. The molecular formula is C15H28O4. The number of hydrogen-bond donors (Lipinski definition) is 1. The number of esters is 1. The molecule has 1 saturated heterocycles. The quantitative estimate of drug-likeness (QED) is 0.782. The third-order valence-corrected chi connectivity index (χ3v) is 3.26. The van der Waals surface area contributed by atoms with Crippen LogP contribution in [0.2, 0.25) is 0 Å². The Morgan fingerprint density at radius 2 is 2.11 bits per heavy atom. The molecule has 1 aliphatic rings. The highest BCUT2D eigenvalue weighted by molar-refractivity contribution is 5.70. The SMILES string of the molecule is C[C@@H](CC[C@@H]1CC[C@@H](O)CO1)CC(=O)OC(C)(C)C. The number of carbonyl (C=O) groups excluding carboxylic acids is 1. The Labute approximate surface area is 116 Å². The summed E-state index contributed by atoms with van der Waals surface area (Å²) in [7, 11) is 0. The lowest BCUT2D eigenvalue weighted by Crippen LogP contribution is -2.29. The number of rotatable bonds is 5. The molecule has 0 bridgehead atoms. The maximum Gasteiger partial charge on any atom is 0.306 e. The van der Waals surface area contributed by atoms with Crippen molar-refractivity contribution in [3.8, 4) is 0 Å². The minimum absolute atomic E-state index is 0.125. The molecule has 0 unspecified atom stereocenters. The van der Waals surface area contributed by atoms with Crippen LogP contribution in [-0.4, -0.2) is 35.5 Å². The van der Waals surface area contributed by atoms with Gasteiger partial charge in [-0.3, -0.25) is 4.79 Å². The summed E-state index contributed by atoms with van der Waals surface area (Å²) in [6.07, 6.45) is 4.06. The first-order valence-corrected chi connectivity index (χ1v) is 7.28. The summed E-state index contributed by atoms with van der Waals surface area (Å²) >= 11 is 0. The van der Waals surface area contributed by atoms with Crippen LogP contribution in [-0.2, 0) is 14.3 Å². The topological polar surface area (TPSA) is 55.8 Å². The first kappa shape index (κ1) is 16.4. The molecule has 19 heavy (non-hydrogen) atoms. The Hall–Kier alpha value is -0.610. The minimum Gasteiger partial charge on any atom is -0.460 e. The fourth-order valence-electron chi connectivity index (χ4n) is 2.26. The molecule has 0 saturated carbocycles. The summed E-state index contributed by atoms with van der Waals surface area (Å²) < 4.78 is 10.9. The van der Waals surface area contributed by atoms with Gasteiger partial charge in [0.2, 0.25) is 0 Å². The molecule has 4 heteroatoms. The second-order valence-electron chi connectivity index (χ2n) is 6.66. The molecule has 0 aromatic carbocycles. The first-order chi connectivity index (χ1) is 8.76. The van der Waals surface area contributed by atoms with Crippen molar-refractivity contribution in [2.24, 2.45) is 5.92 Å². The van der Waals surface area contributed by atoms with E-state index in [-0.39, 0.29) is 18.2 Å². The smallest absolute Gasteiger partial charge is 0.306 e. The van der Waals surface area contributed by atoms with Crippen molar-refractivity contribution < 1.29 is 19.4 Å². The lowest BCUT2D eigenvalue weighted by molar-refractivity contribution is -0.155. The summed E-state index contributed by atoms with van der Waals surface area (Å²) in [6, 6.07) is 0. The van der Waals surface area contributed by atoms with Crippen LogP contribution >= 0.6 is 0 Å². The van der Waals surface area contributed by atoms with E-state index in [0.717, 1.165) is 25.7 Å². The van der Waals surface area contributed by atoms with Gasteiger partial charge >= 0.3 is 5.97 Å². The van der Waals surface area contributed by atoms with E-state index in [4.69, 9.17) is 9.47 Å². The lowest BCUT2D eigenvalue weighted by Gasteiger charge is -2.27. The lowest BCUT2D eigenvalue weighted by atomic mass is 9.96. The molecule has 1 rings (SSSR count). The van der Waals surface area contributed by atoms with Crippen molar-refractivity contribution >= 4 is 5.97 Å². The zero-order valence-electron chi connectivity index (χ0n) is 12.6. The van der Waals surface area contributed by atoms with Crippen molar-refractivity contribution in [1.29, 1.82) is 0 Å². The number of aliphatic hydroxyl groups excluding tert-OH is 1. The van der Waals surface area contributed by atoms with Gasteiger partial charge in [-0.25, -0.2) is 0 Å². The third-order valence-electron chi connectivity index (χ3n) is 3.26. The van der Waals surface area contributed by atoms with Crippen LogP contribution < -0.4 is 0 Å². The second-order valence-corrected chi connectivity index (χ2v) is 6.66. The zero-order valence-corrected chi connectivity index (χ0v) is 12.6. The van der Waals surface area contributed by atoms with Crippen LogP contribution in [0.1, 0.15) is 59.8 Å². The Morgan fingerprint density at radius 1 is 1.42 bits per heavy atom. The van der Waals surface area contributed by atoms with Crippen molar-refractivity contribution in [3.63, 3.8) is 0 Å². The number of ether oxygens (including phenoxy) is 2. The summed E-state index contributed by atoms with van der Waals surface area (Å²) in [5, 5.41) is 9.35.